The van der Waals surface area contributed by atoms with Gasteiger partial charge < -0.3 is 4.57 Å². The quantitative estimate of drug-likeness (QED) is 0.692. The molecule has 0 aliphatic carbocycles. The van der Waals surface area contributed by atoms with Crippen molar-refractivity contribution in [2.75, 3.05) is 0 Å². The summed E-state index contributed by atoms with van der Waals surface area (Å²) in [6.07, 6.45) is 6.18. The summed E-state index contributed by atoms with van der Waals surface area (Å²) in [5.41, 5.74) is -0.229. The van der Waals surface area contributed by atoms with E-state index in [1.54, 1.807) is 24.5 Å². The van der Waals surface area contributed by atoms with Gasteiger partial charge >= 0.3 is 11.1 Å². The fraction of sp³-hybridized carbons (Fsp3) is 0.0625. The topological polar surface area (TPSA) is 56.9 Å². The minimum atomic E-state index is -0.732. The Bertz CT molecular complexity index is 967. The standard InChI is InChI=1S/C16H11ClFN3O2/c17-13-9-12(1-2-14(13)18)21-8-7-20(15(22)16(21)23)10-11-3-5-19-6-4-11/h1-9H,10H2. The first kappa shape index (κ1) is 15.2. The summed E-state index contributed by atoms with van der Waals surface area (Å²) in [5.74, 6) is -0.588. The maximum absolute atomic E-state index is 13.2. The highest BCUT2D eigenvalue weighted by atomic mass is 35.5. The van der Waals surface area contributed by atoms with Crippen LogP contribution in [0.15, 0.2) is 64.7 Å². The predicted octanol–water partition coefficient (Wildman–Crippen LogP) is 2.23. The second kappa shape index (κ2) is 6.18. The van der Waals surface area contributed by atoms with Crippen molar-refractivity contribution in [1.29, 1.82) is 0 Å². The molecular formula is C16H11ClFN3O2. The normalized spacial score (nSPS) is 10.7. The first-order chi connectivity index (χ1) is 11.1. The molecule has 23 heavy (non-hydrogen) atoms. The molecule has 7 heteroatoms. The molecule has 3 rings (SSSR count). The summed E-state index contributed by atoms with van der Waals surface area (Å²) in [4.78, 5) is 28.4. The highest BCUT2D eigenvalue weighted by Gasteiger charge is 2.09. The average molecular weight is 332 g/mol. The van der Waals surface area contributed by atoms with Crippen LogP contribution in [0.3, 0.4) is 0 Å². The number of benzene rings is 1. The van der Waals surface area contributed by atoms with Crippen LogP contribution in [0.2, 0.25) is 5.02 Å². The van der Waals surface area contributed by atoms with E-state index in [9.17, 15) is 14.0 Å². The lowest BCUT2D eigenvalue weighted by molar-refractivity contribution is 0.627. The lowest BCUT2D eigenvalue weighted by Crippen LogP contribution is -2.40. The third kappa shape index (κ3) is 3.07. The van der Waals surface area contributed by atoms with Gasteiger partial charge in [-0.1, -0.05) is 11.6 Å². The summed E-state index contributed by atoms with van der Waals surface area (Å²) in [7, 11) is 0. The van der Waals surface area contributed by atoms with Crippen molar-refractivity contribution in [2.24, 2.45) is 0 Å². The molecule has 116 valence electrons. The molecule has 5 nitrogen and oxygen atoms in total. The van der Waals surface area contributed by atoms with Crippen LogP contribution >= 0.6 is 11.6 Å². The second-order valence-corrected chi connectivity index (χ2v) is 5.27. The molecular weight excluding hydrogens is 321 g/mol. The number of hydrogen-bond donors (Lipinski definition) is 0. The van der Waals surface area contributed by atoms with Gasteiger partial charge in [0, 0.05) is 24.8 Å². The minimum absolute atomic E-state index is 0.115. The van der Waals surface area contributed by atoms with Crippen molar-refractivity contribution in [3.63, 3.8) is 0 Å². The molecule has 2 aromatic heterocycles. The zero-order valence-electron chi connectivity index (χ0n) is 11.8. The zero-order valence-corrected chi connectivity index (χ0v) is 12.6. The molecule has 0 spiro atoms. The molecule has 0 saturated heterocycles. The van der Waals surface area contributed by atoms with Gasteiger partial charge in [0.15, 0.2) is 0 Å². The van der Waals surface area contributed by atoms with Gasteiger partial charge in [-0.25, -0.2) is 4.39 Å². The predicted molar refractivity (Wildman–Crippen MR) is 84.6 cm³/mol. The molecule has 1 aromatic carbocycles. The third-order valence-electron chi connectivity index (χ3n) is 3.34. The fourth-order valence-corrected chi connectivity index (χ4v) is 2.33. The van der Waals surface area contributed by atoms with Crippen LogP contribution in [0, 0.1) is 5.82 Å². The van der Waals surface area contributed by atoms with Crippen molar-refractivity contribution in [3.05, 3.63) is 92.2 Å². The zero-order chi connectivity index (χ0) is 16.4. The molecule has 0 atom stereocenters. The summed E-state index contributed by atoms with van der Waals surface area (Å²) in [6, 6.07) is 7.35. The first-order valence-corrected chi connectivity index (χ1v) is 7.10. The van der Waals surface area contributed by atoms with Gasteiger partial charge in [-0.2, -0.15) is 0 Å². The van der Waals surface area contributed by atoms with Crippen LogP contribution in [-0.2, 0) is 6.54 Å². The van der Waals surface area contributed by atoms with Crippen LogP contribution < -0.4 is 11.1 Å². The Morgan fingerprint density at radius 1 is 1.04 bits per heavy atom. The molecule has 2 heterocycles. The third-order valence-corrected chi connectivity index (χ3v) is 3.63. The fourth-order valence-electron chi connectivity index (χ4n) is 2.16. The van der Waals surface area contributed by atoms with E-state index >= 15 is 0 Å². The molecule has 3 aromatic rings. The second-order valence-electron chi connectivity index (χ2n) is 4.86. The van der Waals surface area contributed by atoms with Gasteiger partial charge in [0.2, 0.25) is 0 Å². The van der Waals surface area contributed by atoms with Gasteiger partial charge in [-0.15, -0.1) is 0 Å². The molecule has 0 amide bonds. The van der Waals surface area contributed by atoms with Crippen molar-refractivity contribution in [3.8, 4) is 5.69 Å². The average Bonchev–Trinajstić information content (AvgIpc) is 2.56. The van der Waals surface area contributed by atoms with Crippen molar-refractivity contribution in [1.82, 2.24) is 14.1 Å². The van der Waals surface area contributed by atoms with Crippen LogP contribution in [0.4, 0.5) is 4.39 Å². The van der Waals surface area contributed by atoms with E-state index in [1.165, 1.54) is 29.1 Å². The number of pyridine rings is 1. The molecule has 0 unspecified atom stereocenters. The maximum atomic E-state index is 13.2. The molecule has 0 radical (unpaired) electrons. The molecule has 0 aliphatic heterocycles. The summed E-state index contributed by atoms with van der Waals surface area (Å²) in [5, 5.41) is -0.115. The number of aromatic nitrogens is 3. The SMILES string of the molecule is O=c1c(=O)n(-c2ccc(F)c(Cl)c2)ccn1Cc1ccncc1. The highest BCUT2D eigenvalue weighted by molar-refractivity contribution is 6.30. The number of rotatable bonds is 3. The maximum Gasteiger partial charge on any atom is 0.320 e. The van der Waals surface area contributed by atoms with Gasteiger partial charge in [-0.05, 0) is 35.9 Å². The minimum Gasteiger partial charge on any atom is -0.305 e. The van der Waals surface area contributed by atoms with Gasteiger partial charge in [-0.3, -0.25) is 19.1 Å². The molecule has 0 fully saturated rings. The molecule has 0 saturated carbocycles. The van der Waals surface area contributed by atoms with E-state index in [0.29, 0.717) is 5.69 Å². The Morgan fingerprint density at radius 2 is 1.78 bits per heavy atom. The summed E-state index contributed by atoms with van der Waals surface area (Å²) < 4.78 is 15.7. The molecule has 0 bridgehead atoms. The highest BCUT2D eigenvalue weighted by Crippen LogP contribution is 2.17. The van der Waals surface area contributed by atoms with Gasteiger partial charge in [0.1, 0.15) is 5.82 Å². The number of halogens is 2. The van der Waals surface area contributed by atoms with Crippen molar-refractivity contribution < 1.29 is 4.39 Å². The van der Waals surface area contributed by atoms with E-state index < -0.39 is 16.9 Å². The monoisotopic (exact) mass is 331 g/mol. The lowest BCUT2D eigenvalue weighted by Gasteiger charge is -2.09. The van der Waals surface area contributed by atoms with Crippen LogP contribution in [0.1, 0.15) is 5.56 Å². The molecule has 0 aliphatic rings. The van der Waals surface area contributed by atoms with Crippen LogP contribution in [-0.4, -0.2) is 14.1 Å². The molecule has 0 N–H and O–H groups in total. The lowest BCUT2D eigenvalue weighted by atomic mass is 10.2. The van der Waals surface area contributed by atoms with Gasteiger partial charge in [0.25, 0.3) is 0 Å². The first-order valence-electron chi connectivity index (χ1n) is 6.72. The Balaban J connectivity index is 2.02. The van der Waals surface area contributed by atoms with Crippen LogP contribution in [0.5, 0.6) is 0 Å². The Morgan fingerprint density at radius 3 is 2.48 bits per heavy atom. The van der Waals surface area contributed by atoms with Crippen molar-refractivity contribution in [2.45, 2.75) is 6.54 Å². The van der Waals surface area contributed by atoms with Crippen LogP contribution in [0.25, 0.3) is 5.69 Å². The van der Waals surface area contributed by atoms with E-state index in [4.69, 9.17) is 11.6 Å². The van der Waals surface area contributed by atoms with E-state index in [-0.39, 0.29) is 11.6 Å². The number of hydrogen-bond acceptors (Lipinski definition) is 3. The van der Waals surface area contributed by atoms with E-state index in [0.717, 1.165) is 16.2 Å². The Hall–Kier alpha value is -2.73. The number of nitrogens with zero attached hydrogens (tertiary/aromatic N) is 3. The summed E-state index contributed by atoms with van der Waals surface area (Å²) >= 11 is 5.71. The summed E-state index contributed by atoms with van der Waals surface area (Å²) in [6.45, 7) is 0.265. The van der Waals surface area contributed by atoms with Crippen molar-refractivity contribution >= 4 is 11.6 Å². The van der Waals surface area contributed by atoms with Gasteiger partial charge in [0.05, 0.1) is 17.3 Å². The largest absolute Gasteiger partial charge is 0.320 e. The Kier molecular flexibility index (Phi) is 4.08. The van der Waals surface area contributed by atoms with E-state index in [2.05, 4.69) is 4.98 Å². The van der Waals surface area contributed by atoms with E-state index in [1.807, 2.05) is 0 Å². The Labute approximate surface area is 135 Å². The smallest absolute Gasteiger partial charge is 0.305 e.